The Morgan fingerprint density at radius 3 is 2.22 bits per heavy atom. The summed E-state index contributed by atoms with van der Waals surface area (Å²) in [6.07, 6.45) is 0. The van der Waals surface area contributed by atoms with Crippen LogP contribution in [0.4, 0.5) is 0 Å². The summed E-state index contributed by atoms with van der Waals surface area (Å²) in [5.74, 6) is 0.274. The molecule has 23 heavy (non-hydrogen) atoms. The number of carbonyl (C=O) groups is 2. The number of benzene rings is 2. The second-order valence-corrected chi connectivity index (χ2v) is 5.69. The van der Waals surface area contributed by atoms with Crippen LogP contribution in [0.2, 0.25) is 0 Å². The third-order valence-corrected chi connectivity index (χ3v) is 3.67. The lowest BCUT2D eigenvalue weighted by molar-refractivity contribution is 0.0846. The number of hydrazine groups is 1. The van der Waals surface area contributed by atoms with Crippen LogP contribution in [0.3, 0.4) is 0 Å². The highest BCUT2D eigenvalue weighted by Crippen LogP contribution is 2.30. The average Bonchev–Trinajstić information content (AvgIpc) is 2.59. The van der Waals surface area contributed by atoms with E-state index in [0.29, 0.717) is 35.8 Å². The van der Waals surface area contributed by atoms with Gasteiger partial charge in [0.1, 0.15) is 13.2 Å². The lowest BCUT2D eigenvalue weighted by atomic mass is 10.2. The largest absolute Gasteiger partial charge is 0.486 e. The summed E-state index contributed by atoms with van der Waals surface area (Å²) in [6.45, 7) is 0.929. The van der Waals surface area contributed by atoms with Gasteiger partial charge in [-0.25, -0.2) is 0 Å². The minimum absolute atomic E-state index is 0.365. The Labute approximate surface area is 140 Å². The highest BCUT2D eigenvalue weighted by molar-refractivity contribution is 9.10. The molecule has 1 aliphatic heterocycles. The maximum Gasteiger partial charge on any atom is 0.269 e. The van der Waals surface area contributed by atoms with Crippen molar-refractivity contribution < 1.29 is 19.1 Å². The minimum atomic E-state index is -0.440. The van der Waals surface area contributed by atoms with Crippen molar-refractivity contribution in [2.24, 2.45) is 0 Å². The van der Waals surface area contributed by atoms with Crippen LogP contribution < -0.4 is 20.3 Å². The van der Waals surface area contributed by atoms with Crippen LogP contribution in [-0.2, 0) is 0 Å². The molecule has 6 nitrogen and oxygen atoms in total. The molecule has 0 saturated heterocycles. The standard InChI is InChI=1S/C16H13BrN2O4/c17-12-3-1-2-10(8-12)15(20)18-19-16(21)11-4-5-13-14(9-11)23-7-6-22-13/h1-5,8-9H,6-7H2,(H,18,20)(H,19,21). The summed E-state index contributed by atoms with van der Waals surface area (Å²) >= 11 is 3.29. The zero-order valence-electron chi connectivity index (χ0n) is 12.0. The molecule has 0 spiro atoms. The number of hydrogen-bond donors (Lipinski definition) is 2. The highest BCUT2D eigenvalue weighted by atomic mass is 79.9. The van der Waals surface area contributed by atoms with Crippen molar-refractivity contribution in [3.05, 3.63) is 58.1 Å². The van der Waals surface area contributed by atoms with E-state index in [-0.39, 0.29) is 0 Å². The Bertz CT molecular complexity index is 763. The van der Waals surface area contributed by atoms with Crippen LogP contribution in [0.1, 0.15) is 20.7 Å². The van der Waals surface area contributed by atoms with E-state index in [1.807, 2.05) is 6.07 Å². The van der Waals surface area contributed by atoms with Gasteiger partial charge >= 0.3 is 0 Å². The van der Waals surface area contributed by atoms with E-state index < -0.39 is 11.8 Å². The summed E-state index contributed by atoms with van der Waals surface area (Å²) in [5, 5.41) is 0. The maximum absolute atomic E-state index is 12.1. The van der Waals surface area contributed by atoms with Crippen molar-refractivity contribution in [2.75, 3.05) is 13.2 Å². The number of nitrogens with one attached hydrogen (secondary N) is 2. The van der Waals surface area contributed by atoms with Crippen LogP contribution in [0, 0.1) is 0 Å². The summed E-state index contributed by atoms with van der Waals surface area (Å²) in [6, 6.07) is 11.7. The van der Waals surface area contributed by atoms with Crippen molar-refractivity contribution in [1.29, 1.82) is 0 Å². The molecule has 2 aromatic carbocycles. The van der Waals surface area contributed by atoms with Crippen LogP contribution in [0.15, 0.2) is 46.9 Å². The van der Waals surface area contributed by atoms with E-state index in [9.17, 15) is 9.59 Å². The lowest BCUT2D eigenvalue weighted by Crippen LogP contribution is -2.41. The highest BCUT2D eigenvalue weighted by Gasteiger charge is 2.15. The molecule has 0 bridgehead atoms. The van der Waals surface area contributed by atoms with Crippen LogP contribution in [0.25, 0.3) is 0 Å². The topological polar surface area (TPSA) is 76.7 Å². The quantitative estimate of drug-likeness (QED) is 0.788. The van der Waals surface area contributed by atoms with Crippen molar-refractivity contribution >= 4 is 27.7 Å². The number of ether oxygens (including phenoxy) is 2. The molecule has 0 aliphatic carbocycles. The van der Waals surface area contributed by atoms with Crippen molar-refractivity contribution in [2.45, 2.75) is 0 Å². The maximum atomic E-state index is 12.1. The molecule has 1 heterocycles. The second-order valence-electron chi connectivity index (χ2n) is 4.78. The monoisotopic (exact) mass is 376 g/mol. The first kappa shape index (κ1) is 15.4. The van der Waals surface area contributed by atoms with Gasteiger partial charge in [-0.3, -0.25) is 20.4 Å². The van der Waals surface area contributed by atoms with Gasteiger partial charge in [0.15, 0.2) is 11.5 Å². The molecule has 0 saturated carbocycles. The molecule has 3 rings (SSSR count). The van der Waals surface area contributed by atoms with Gasteiger partial charge in [0.25, 0.3) is 11.8 Å². The first-order chi connectivity index (χ1) is 11.1. The van der Waals surface area contributed by atoms with Gasteiger partial charge in [0, 0.05) is 15.6 Å². The van der Waals surface area contributed by atoms with Crippen molar-refractivity contribution in [3.8, 4) is 11.5 Å². The van der Waals surface area contributed by atoms with E-state index >= 15 is 0 Å². The summed E-state index contributed by atoms with van der Waals surface area (Å²) in [7, 11) is 0. The average molecular weight is 377 g/mol. The van der Waals surface area contributed by atoms with E-state index in [4.69, 9.17) is 9.47 Å². The number of amides is 2. The summed E-state index contributed by atoms with van der Waals surface area (Å²) in [4.78, 5) is 24.1. The van der Waals surface area contributed by atoms with Gasteiger partial charge in [-0.1, -0.05) is 22.0 Å². The molecule has 118 valence electrons. The smallest absolute Gasteiger partial charge is 0.269 e. The number of rotatable bonds is 2. The fourth-order valence-corrected chi connectivity index (χ4v) is 2.47. The molecule has 0 radical (unpaired) electrons. The Balaban J connectivity index is 1.64. The molecule has 0 atom stereocenters. The Morgan fingerprint density at radius 2 is 1.52 bits per heavy atom. The predicted molar refractivity (Wildman–Crippen MR) is 86.5 cm³/mol. The molecule has 2 amide bonds. The van der Waals surface area contributed by atoms with E-state index in [1.165, 1.54) is 0 Å². The second kappa shape index (κ2) is 6.70. The minimum Gasteiger partial charge on any atom is -0.486 e. The Kier molecular flexibility index (Phi) is 4.47. The van der Waals surface area contributed by atoms with Gasteiger partial charge < -0.3 is 9.47 Å². The molecule has 0 unspecified atom stereocenters. The molecule has 1 aliphatic rings. The number of halogens is 1. The normalized spacial score (nSPS) is 12.4. The molecule has 0 fully saturated rings. The lowest BCUT2D eigenvalue weighted by Gasteiger charge is -2.18. The zero-order valence-corrected chi connectivity index (χ0v) is 13.6. The Morgan fingerprint density at radius 1 is 0.870 bits per heavy atom. The van der Waals surface area contributed by atoms with Gasteiger partial charge in [-0.15, -0.1) is 0 Å². The first-order valence-electron chi connectivity index (χ1n) is 6.89. The summed E-state index contributed by atoms with van der Waals surface area (Å²) < 4.78 is 11.6. The van der Waals surface area contributed by atoms with Crippen molar-refractivity contribution in [3.63, 3.8) is 0 Å². The van der Waals surface area contributed by atoms with E-state index in [0.717, 1.165) is 4.47 Å². The van der Waals surface area contributed by atoms with Gasteiger partial charge in [-0.05, 0) is 36.4 Å². The van der Waals surface area contributed by atoms with Crippen LogP contribution in [-0.4, -0.2) is 25.0 Å². The molecule has 2 aromatic rings. The van der Waals surface area contributed by atoms with E-state index in [1.54, 1.807) is 36.4 Å². The van der Waals surface area contributed by atoms with Gasteiger partial charge in [0.2, 0.25) is 0 Å². The van der Waals surface area contributed by atoms with Crippen molar-refractivity contribution in [1.82, 2.24) is 10.9 Å². The molecule has 7 heteroatoms. The van der Waals surface area contributed by atoms with E-state index in [2.05, 4.69) is 26.8 Å². The first-order valence-corrected chi connectivity index (χ1v) is 7.69. The SMILES string of the molecule is O=C(NNC(=O)c1ccc2c(c1)OCCO2)c1cccc(Br)c1. The van der Waals surface area contributed by atoms with Gasteiger partial charge in [0.05, 0.1) is 0 Å². The third-order valence-electron chi connectivity index (χ3n) is 3.18. The number of fused-ring (bicyclic) bond motifs is 1. The fourth-order valence-electron chi connectivity index (χ4n) is 2.07. The molecular formula is C16H13BrN2O4. The Hall–Kier alpha value is -2.54. The number of carbonyl (C=O) groups excluding carboxylic acids is 2. The zero-order chi connectivity index (χ0) is 16.2. The molecule has 0 aromatic heterocycles. The van der Waals surface area contributed by atoms with Gasteiger partial charge in [-0.2, -0.15) is 0 Å². The summed E-state index contributed by atoms with van der Waals surface area (Å²) in [5.41, 5.74) is 5.54. The predicted octanol–water partition coefficient (Wildman–Crippen LogP) is 2.30. The fraction of sp³-hybridized carbons (Fsp3) is 0.125. The van der Waals surface area contributed by atoms with Crippen LogP contribution in [0.5, 0.6) is 11.5 Å². The third kappa shape index (κ3) is 3.62. The molecular weight excluding hydrogens is 364 g/mol. The molecule has 2 N–H and O–H groups in total. The van der Waals surface area contributed by atoms with Crippen LogP contribution >= 0.6 is 15.9 Å². The number of hydrogen-bond acceptors (Lipinski definition) is 4.